The number of unbranched alkanes of at least 4 members (excludes halogenated alkanes) is 3. The first kappa shape index (κ1) is 15.4. The first-order valence-electron chi connectivity index (χ1n) is 4.51. The van der Waals surface area contributed by atoms with E-state index in [1.165, 1.54) is 0 Å². The first-order chi connectivity index (χ1) is 6.63. The first-order valence-corrected chi connectivity index (χ1v) is 4.51. The molecule has 0 aromatic heterocycles. The average molecular weight is 206 g/mol. The molecule has 3 N–H and O–H groups in total. The third kappa shape index (κ3) is 17.1. The number of carbonyl (C=O) groups is 2. The van der Waals surface area contributed by atoms with Crippen LogP contribution < -0.4 is 0 Å². The SMILES string of the molecule is CO.O=C(O)CCCCCCC(=O)O. The van der Waals surface area contributed by atoms with E-state index in [1.54, 1.807) is 0 Å². The smallest absolute Gasteiger partial charge is 0.303 e. The molecule has 0 saturated heterocycles. The fourth-order valence-electron chi connectivity index (χ4n) is 0.906. The van der Waals surface area contributed by atoms with Gasteiger partial charge < -0.3 is 15.3 Å². The molecule has 0 bridgehead atoms. The fraction of sp³-hybridized carbons (Fsp3) is 0.778. The number of hydrogen-bond acceptors (Lipinski definition) is 3. The van der Waals surface area contributed by atoms with Gasteiger partial charge in [-0.25, -0.2) is 0 Å². The maximum atomic E-state index is 10.0. The van der Waals surface area contributed by atoms with Crippen LogP contribution in [0, 0.1) is 0 Å². The lowest BCUT2D eigenvalue weighted by Gasteiger charge is -1.96. The molecule has 0 aromatic carbocycles. The van der Waals surface area contributed by atoms with Gasteiger partial charge in [-0.15, -0.1) is 0 Å². The molecule has 0 aliphatic carbocycles. The molecule has 5 nitrogen and oxygen atoms in total. The molecule has 0 saturated carbocycles. The zero-order chi connectivity index (χ0) is 11.4. The highest BCUT2D eigenvalue weighted by atomic mass is 16.4. The van der Waals surface area contributed by atoms with Gasteiger partial charge in [-0.3, -0.25) is 9.59 Å². The van der Waals surface area contributed by atoms with Crippen LogP contribution in [0.5, 0.6) is 0 Å². The lowest BCUT2D eigenvalue weighted by Crippen LogP contribution is -1.95. The summed E-state index contributed by atoms with van der Waals surface area (Å²) in [6.45, 7) is 0. The minimum Gasteiger partial charge on any atom is -0.481 e. The van der Waals surface area contributed by atoms with Gasteiger partial charge in [-0.05, 0) is 12.8 Å². The van der Waals surface area contributed by atoms with Gasteiger partial charge in [-0.1, -0.05) is 12.8 Å². The van der Waals surface area contributed by atoms with E-state index in [1.807, 2.05) is 0 Å². The van der Waals surface area contributed by atoms with Crippen molar-refractivity contribution in [3.8, 4) is 0 Å². The molecule has 0 amide bonds. The summed E-state index contributed by atoms with van der Waals surface area (Å²) >= 11 is 0. The third-order valence-electron chi connectivity index (χ3n) is 1.53. The number of carboxylic acid groups (broad SMARTS) is 2. The Labute approximate surface area is 83.4 Å². The predicted molar refractivity (Wildman–Crippen MR) is 51.1 cm³/mol. The van der Waals surface area contributed by atoms with Gasteiger partial charge in [-0.2, -0.15) is 0 Å². The number of rotatable bonds is 7. The molecule has 5 heteroatoms. The second-order valence-corrected chi connectivity index (χ2v) is 2.70. The monoisotopic (exact) mass is 206 g/mol. The number of carboxylic acids is 2. The Hall–Kier alpha value is -1.10. The summed E-state index contributed by atoms with van der Waals surface area (Å²) < 4.78 is 0. The normalized spacial score (nSPS) is 8.71. The van der Waals surface area contributed by atoms with Gasteiger partial charge in [0.05, 0.1) is 0 Å². The molecule has 0 fully saturated rings. The van der Waals surface area contributed by atoms with Gasteiger partial charge in [0.15, 0.2) is 0 Å². The highest BCUT2D eigenvalue weighted by Gasteiger charge is 1.98. The van der Waals surface area contributed by atoms with Crippen LogP contribution in [-0.2, 0) is 9.59 Å². The van der Waals surface area contributed by atoms with Gasteiger partial charge in [0, 0.05) is 20.0 Å². The van der Waals surface area contributed by atoms with E-state index in [4.69, 9.17) is 15.3 Å². The molecule has 0 aromatic rings. The summed E-state index contributed by atoms with van der Waals surface area (Å²) in [4.78, 5) is 20.1. The summed E-state index contributed by atoms with van der Waals surface area (Å²) in [5.74, 6) is -1.57. The van der Waals surface area contributed by atoms with Crippen molar-refractivity contribution in [1.82, 2.24) is 0 Å². The lowest BCUT2D eigenvalue weighted by molar-refractivity contribution is -0.138. The topological polar surface area (TPSA) is 94.8 Å². The molecule has 0 atom stereocenters. The molecule has 0 rings (SSSR count). The van der Waals surface area contributed by atoms with Crippen LogP contribution in [0.2, 0.25) is 0 Å². The Morgan fingerprint density at radius 1 is 0.786 bits per heavy atom. The summed E-state index contributed by atoms with van der Waals surface area (Å²) in [5.41, 5.74) is 0. The number of aliphatic carboxylic acids is 2. The Morgan fingerprint density at radius 2 is 1.07 bits per heavy atom. The van der Waals surface area contributed by atoms with Gasteiger partial charge in [0.25, 0.3) is 0 Å². The van der Waals surface area contributed by atoms with Crippen LogP contribution >= 0.6 is 0 Å². The maximum absolute atomic E-state index is 10.0. The van der Waals surface area contributed by atoms with Crippen molar-refractivity contribution < 1.29 is 24.9 Å². The molecule has 0 aliphatic heterocycles. The van der Waals surface area contributed by atoms with E-state index in [9.17, 15) is 9.59 Å². The minimum absolute atomic E-state index is 0.188. The minimum atomic E-state index is -0.784. The zero-order valence-corrected chi connectivity index (χ0v) is 8.40. The van der Waals surface area contributed by atoms with Crippen molar-refractivity contribution in [2.75, 3.05) is 7.11 Å². The average Bonchev–Trinajstić information content (AvgIpc) is 2.13. The standard InChI is InChI=1S/C8H14O4.CH4O/c9-7(10)5-3-1-2-4-6-8(11)12;1-2/h1-6H2,(H,9,10)(H,11,12);2H,1H3. The molecule has 0 aliphatic rings. The summed E-state index contributed by atoms with van der Waals surface area (Å²) in [6, 6.07) is 0. The van der Waals surface area contributed by atoms with Crippen LogP contribution in [0.1, 0.15) is 38.5 Å². The van der Waals surface area contributed by atoms with Crippen LogP contribution in [0.3, 0.4) is 0 Å². The highest BCUT2D eigenvalue weighted by Crippen LogP contribution is 2.04. The molecule has 0 heterocycles. The second kappa shape index (κ2) is 11.9. The Morgan fingerprint density at radius 3 is 1.29 bits per heavy atom. The molecule has 0 spiro atoms. The number of aliphatic hydroxyl groups is 1. The molecule has 84 valence electrons. The molecule has 14 heavy (non-hydrogen) atoms. The zero-order valence-electron chi connectivity index (χ0n) is 8.40. The molecular formula is C9H18O5. The van der Waals surface area contributed by atoms with Crippen LogP contribution in [0.25, 0.3) is 0 Å². The van der Waals surface area contributed by atoms with E-state index in [-0.39, 0.29) is 12.8 Å². The van der Waals surface area contributed by atoms with E-state index in [0.717, 1.165) is 20.0 Å². The third-order valence-corrected chi connectivity index (χ3v) is 1.53. The highest BCUT2D eigenvalue weighted by molar-refractivity contribution is 5.66. The molecular weight excluding hydrogens is 188 g/mol. The number of aliphatic hydroxyl groups excluding tert-OH is 1. The van der Waals surface area contributed by atoms with Gasteiger partial charge in [0.1, 0.15) is 0 Å². The quantitative estimate of drug-likeness (QED) is 0.542. The van der Waals surface area contributed by atoms with E-state index < -0.39 is 11.9 Å². The fourth-order valence-corrected chi connectivity index (χ4v) is 0.906. The summed E-state index contributed by atoms with van der Waals surface area (Å²) in [7, 11) is 1.00. The van der Waals surface area contributed by atoms with Crippen LogP contribution in [-0.4, -0.2) is 34.4 Å². The van der Waals surface area contributed by atoms with Crippen molar-refractivity contribution in [1.29, 1.82) is 0 Å². The summed E-state index contributed by atoms with van der Waals surface area (Å²) in [5, 5.41) is 23.5. The van der Waals surface area contributed by atoms with Crippen molar-refractivity contribution in [2.24, 2.45) is 0 Å². The van der Waals surface area contributed by atoms with Crippen molar-refractivity contribution in [3.63, 3.8) is 0 Å². The van der Waals surface area contributed by atoms with Crippen molar-refractivity contribution >= 4 is 11.9 Å². The second-order valence-electron chi connectivity index (χ2n) is 2.70. The molecule has 0 unspecified atom stereocenters. The van der Waals surface area contributed by atoms with E-state index in [2.05, 4.69) is 0 Å². The van der Waals surface area contributed by atoms with Crippen molar-refractivity contribution in [3.05, 3.63) is 0 Å². The Kier molecular flexibility index (Phi) is 13.1. The van der Waals surface area contributed by atoms with Crippen LogP contribution in [0.15, 0.2) is 0 Å². The van der Waals surface area contributed by atoms with Crippen LogP contribution in [0.4, 0.5) is 0 Å². The van der Waals surface area contributed by atoms with Crippen molar-refractivity contribution in [2.45, 2.75) is 38.5 Å². The lowest BCUT2D eigenvalue weighted by atomic mass is 10.1. The van der Waals surface area contributed by atoms with E-state index in [0.29, 0.717) is 12.8 Å². The predicted octanol–water partition coefficient (Wildman–Crippen LogP) is 1.10. The Balaban J connectivity index is 0. The molecule has 0 radical (unpaired) electrons. The van der Waals surface area contributed by atoms with Gasteiger partial charge >= 0.3 is 11.9 Å². The maximum Gasteiger partial charge on any atom is 0.303 e. The largest absolute Gasteiger partial charge is 0.481 e. The van der Waals surface area contributed by atoms with Gasteiger partial charge in [0.2, 0.25) is 0 Å². The van der Waals surface area contributed by atoms with E-state index >= 15 is 0 Å². The summed E-state index contributed by atoms with van der Waals surface area (Å²) in [6.07, 6.45) is 3.28. The Bertz CT molecular complexity index is 137. The number of hydrogen-bond donors (Lipinski definition) is 3.